The molecule has 0 amide bonds. The second-order valence-corrected chi connectivity index (χ2v) is 21.2. The zero-order valence-electron chi connectivity index (χ0n) is 44.3. The molecule has 17 rings (SSSR count). The fourth-order valence-corrected chi connectivity index (χ4v) is 12.9. The molecule has 7 nitrogen and oxygen atoms in total. The summed E-state index contributed by atoms with van der Waals surface area (Å²) in [5.74, 6) is 1.84. The van der Waals surface area contributed by atoms with Gasteiger partial charge in [0.2, 0.25) is 0 Å². The third-order valence-electron chi connectivity index (χ3n) is 16.6. The Labute approximate surface area is 471 Å². The van der Waals surface area contributed by atoms with Crippen molar-refractivity contribution in [3.05, 3.63) is 285 Å². The molecule has 0 fully saturated rings. The van der Waals surface area contributed by atoms with Gasteiger partial charge in [-0.2, -0.15) is 0 Å². The molecule has 0 aliphatic heterocycles. The summed E-state index contributed by atoms with van der Waals surface area (Å²) < 4.78 is 9.70. The lowest BCUT2D eigenvalue weighted by Crippen LogP contribution is -2.05. The summed E-state index contributed by atoms with van der Waals surface area (Å²) >= 11 is 0. The molecular formula is C75H47N7. The quantitative estimate of drug-likeness (QED) is 0.152. The lowest BCUT2D eigenvalue weighted by atomic mass is 10.0. The molecule has 7 heteroatoms. The Morgan fingerprint density at radius 2 is 0.549 bits per heavy atom. The van der Waals surface area contributed by atoms with Crippen molar-refractivity contribution in [2.45, 2.75) is 0 Å². The molecular weight excluding hydrogens is 999 g/mol. The summed E-state index contributed by atoms with van der Waals surface area (Å²) in [5.41, 5.74) is 18.5. The summed E-state index contributed by atoms with van der Waals surface area (Å²) in [4.78, 5) is 15.5. The normalized spacial score (nSPS) is 11.9. The standard InChI is InChI=1S/C75H47N7/c1-4-20-48(21-5-1)73-76-74(49-22-6-2-7-23-49)78-75(77-73)52-38-42-70(72(46-52)82-65-33-17-11-26-55(65)56-27-12-18-34-66(56)82)81-67-35-19-14-30-59(67)62-47-54(39-43-69(62)81)80-64-32-16-13-29-58(64)61-44-50(37-41-68(61)80)51-36-40-60-57-28-10-15-31-63(57)79(71(60)45-51)53-24-8-3-9-25-53/h1-47H. The maximum absolute atomic E-state index is 5.23. The van der Waals surface area contributed by atoms with E-state index in [4.69, 9.17) is 15.0 Å². The Bertz CT molecular complexity index is 5280. The van der Waals surface area contributed by atoms with E-state index in [2.05, 4.69) is 267 Å². The SMILES string of the molecule is c1ccc(-c2nc(-c3ccccc3)nc(-c3ccc(-n4c5ccccc5c5cc(-n6c7ccccc7c7cc(-c8ccc9c%10ccccc%10n(-c%10ccccc%10)c9c8)ccc76)ccc54)c(-n4c5ccccc5c5ccccc54)c3)n2)cc1. The maximum atomic E-state index is 5.23. The first-order valence-corrected chi connectivity index (χ1v) is 27.8. The van der Waals surface area contributed by atoms with Crippen LogP contribution in [0.25, 0.3) is 155 Å². The van der Waals surface area contributed by atoms with Crippen molar-refractivity contribution in [3.63, 3.8) is 0 Å². The number of rotatable bonds is 8. The van der Waals surface area contributed by atoms with Gasteiger partial charge in [0.1, 0.15) is 0 Å². The lowest BCUT2D eigenvalue weighted by Gasteiger charge is -2.18. The second-order valence-electron chi connectivity index (χ2n) is 21.2. The minimum atomic E-state index is 0.597. The molecule has 5 aromatic heterocycles. The van der Waals surface area contributed by atoms with Crippen LogP contribution in [0.5, 0.6) is 0 Å². The van der Waals surface area contributed by atoms with Crippen LogP contribution >= 0.6 is 0 Å². The average molecular weight is 1050 g/mol. The highest BCUT2D eigenvalue weighted by Crippen LogP contribution is 2.43. The van der Waals surface area contributed by atoms with Crippen LogP contribution in [-0.4, -0.2) is 33.2 Å². The first-order chi connectivity index (χ1) is 40.7. The van der Waals surface area contributed by atoms with Crippen molar-refractivity contribution >= 4 is 87.2 Å². The minimum Gasteiger partial charge on any atom is -0.309 e. The van der Waals surface area contributed by atoms with Gasteiger partial charge in [-0.05, 0) is 108 Å². The first kappa shape index (κ1) is 45.8. The van der Waals surface area contributed by atoms with Gasteiger partial charge in [-0.3, -0.25) is 0 Å². The molecule has 0 spiro atoms. The van der Waals surface area contributed by atoms with E-state index in [9.17, 15) is 0 Å². The molecule has 0 bridgehead atoms. The Morgan fingerprint density at radius 1 is 0.183 bits per heavy atom. The van der Waals surface area contributed by atoms with Crippen LogP contribution in [0, 0.1) is 0 Å². The van der Waals surface area contributed by atoms with Crippen LogP contribution in [0.4, 0.5) is 0 Å². The topological polar surface area (TPSA) is 58.4 Å². The summed E-state index contributed by atoms with van der Waals surface area (Å²) in [6.45, 7) is 0. The van der Waals surface area contributed by atoms with Crippen LogP contribution in [-0.2, 0) is 0 Å². The van der Waals surface area contributed by atoms with Crippen molar-refractivity contribution in [2.75, 3.05) is 0 Å². The van der Waals surface area contributed by atoms with E-state index in [-0.39, 0.29) is 0 Å². The van der Waals surface area contributed by atoms with Gasteiger partial charge in [-0.15, -0.1) is 0 Å². The third kappa shape index (κ3) is 7.06. The molecule has 0 radical (unpaired) electrons. The van der Waals surface area contributed by atoms with Crippen molar-refractivity contribution < 1.29 is 0 Å². The zero-order chi connectivity index (χ0) is 53.8. The van der Waals surface area contributed by atoms with Gasteiger partial charge < -0.3 is 18.3 Å². The van der Waals surface area contributed by atoms with E-state index in [0.29, 0.717) is 17.5 Å². The van der Waals surface area contributed by atoms with Gasteiger partial charge in [0.05, 0.1) is 55.5 Å². The zero-order valence-corrected chi connectivity index (χ0v) is 44.3. The van der Waals surface area contributed by atoms with E-state index in [0.717, 1.165) is 77.9 Å². The average Bonchev–Trinajstić information content (AvgIpc) is 4.00. The van der Waals surface area contributed by atoms with E-state index in [1.807, 2.05) is 36.4 Å². The number of nitrogens with zero attached hydrogens (tertiary/aromatic N) is 7. The molecule has 0 aliphatic rings. The number of hydrogen-bond acceptors (Lipinski definition) is 3. The fraction of sp³-hybridized carbons (Fsp3) is 0. The number of hydrogen-bond donors (Lipinski definition) is 0. The number of para-hydroxylation sites is 6. The number of aromatic nitrogens is 7. The van der Waals surface area contributed by atoms with Crippen LogP contribution in [0.2, 0.25) is 0 Å². The van der Waals surface area contributed by atoms with Crippen LogP contribution in [0.15, 0.2) is 285 Å². The molecule has 0 saturated carbocycles. The Hall–Kier alpha value is -11.2. The van der Waals surface area contributed by atoms with Crippen LogP contribution in [0.3, 0.4) is 0 Å². The van der Waals surface area contributed by atoms with Gasteiger partial charge in [0.25, 0.3) is 0 Å². The highest BCUT2D eigenvalue weighted by Gasteiger charge is 2.23. The second kappa shape index (κ2) is 18.2. The summed E-state index contributed by atoms with van der Waals surface area (Å²) in [6.07, 6.45) is 0. The van der Waals surface area contributed by atoms with E-state index in [1.165, 1.54) is 59.9 Å². The Balaban J connectivity index is 0.856. The Morgan fingerprint density at radius 3 is 1.11 bits per heavy atom. The number of fused-ring (bicyclic) bond motifs is 12. The summed E-state index contributed by atoms with van der Waals surface area (Å²) in [5, 5.41) is 9.61. The highest BCUT2D eigenvalue weighted by atomic mass is 15.1. The largest absolute Gasteiger partial charge is 0.309 e. The molecule has 17 aromatic rings. The molecule has 0 N–H and O–H groups in total. The summed E-state index contributed by atoms with van der Waals surface area (Å²) in [7, 11) is 0. The smallest absolute Gasteiger partial charge is 0.164 e. The predicted octanol–water partition coefficient (Wildman–Crippen LogP) is 18.9. The molecule has 0 unspecified atom stereocenters. The molecule has 382 valence electrons. The Kier molecular flexibility index (Phi) is 10.2. The van der Waals surface area contributed by atoms with E-state index >= 15 is 0 Å². The number of benzene rings is 12. The maximum Gasteiger partial charge on any atom is 0.164 e. The molecule has 0 saturated heterocycles. The summed E-state index contributed by atoms with van der Waals surface area (Å²) in [6, 6.07) is 103. The van der Waals surface area contributed by atoms with Gasteiger partial charge in [-0.25, -0.2) is 15.0 Å². The molecule has 0 atom stereocenters. The third-order valence-corrected chi connectivity index (χ3v) is 16.6. The van der Waals surface area contributed by atoms with Crippen LogP contribution < -0.4 is 0 Å². The predicted molar refractivity (Wildman–Crippen MR) is 339 cm³/mol. The van der Waals surface area contributed by atoms with Gasteiger partial charge in [0, 0.05) is 71.2 Å². The highest BCUT2D eigenvalue weighted by molar-refractivity contribution is 6.15. The fourth-order valence-electron chi connectivity index (χ4n) is 12.9. The lowest BCUT2D eigenvalue weighted by molar-refractivity contribution is 1.06. The van der Waals surface area contributed by atoms with E-state index < -0.39 is 0 Å². The molecule has 82 heavy (non-hydrogen) atoms. The van der Waals surface area contributed by atoms with Gasteiger partial charge >= 0.3 is 0 Å². The van der Waals surface area contributed by atoms with Crippen molar-refractivity contribution in [3.8, 4) is 68.0 Å². The van der Waals surface area contributed by atoms with Gasteiger partial charge in [0.15, 0.2) is 17.5 Å². The molecule has 0 aliphatic carbocycles. The molecule has 12 aromatic carbocycles. The van der Waals surface area contributed by atoms with Crippen LogP contribution in [0.1, 0.15) is 0 Å². The monoisotopic (exact) mass is 1050 g/mol. The first-order valence-electron chi connectivity index (χ1n) is 27.8. The van der Waals surface area contributed by atoms with Crippen molar-refractivity contribution in [1.29, 1.82) is 0 Å². The molecule has 5 heterocycles. The van der Waals surface area contributed by atoms with Crippen molar-refractivity contribution in [2.24, 2.45) is 0 Å². The minimum absolute atomic E-state index is 0.597. The van der Waals surface area contributed by atoms with E-state index in [1.54, 1.807) is 0 Å². The van der Waals surface area contributed by atoms with Gasteiger partial charge in [-0.1, -0.05) is 188 Å². The van der Waals surface area contributed by atoms with Crippen molar-refractivity contribution in [1.82, 2.24) is 33.2 Å².